The van der Waals surface area contributed by atoms with Gasteiger partial charge in [-0.1, -0.05) is 63.2 Å². The van der Waals surface area contributed by atoms with Gasteiger partial charge in [0.25, 0.3) is 5.91 Å². The molecule has 0 aliphatic rings. The predicted molar refractivity (Wildman–Crippen MR) is 156 cm³/mol. The van der Waals surface area contributed by atoms with Gasteiger partial charge in [-0.05, 0) is 42.3 Å². The fourth-order valence-electron chi connectivity index (χ4n) is 4.30. The maximum atomic E-state index is 13.8. The van der Waals surface area contributed by atoms with E-state index in [9.17, 15) is 9.59 Å². The Morgan fingerprint density at radius 2 is 1.68 bits per heavy atom. The number of hydrogen-bond acceptors (Lipinski definition) is 5. The topological polar surface area (TPSA) is 85.7 Å². The van der Waals surface area contributed by atoms with Crippen molar-refractivity contribution >= 4 is 17.6 Å². The quantitative estimate of drug-likeness (QED) is 0.291. The number of hydrogen-bond donors (Lipinski definition) is 1. The van der Waals surface area contributed by atoms with Crippen LogP contribution in [0.15, 0.2) is 78.9 Å². The van der Waals surface area contributed by atoms with Gasteiger partial charge in [0.2, 0.25) is 5.91 Å². The third kappa shape index (κ3) is 6.69. The van der Waals surface area contributed by atoms with E-state index >= 15 is 0 Å². The summed E-state index contributed by atoms with van der Waals surface area (Å²) in [5.41, 5.74) is 3.77. The van der Waals surface area contributed by atoms with Gasteiger partial charge in [0.15, 0.2) is 0 Å². The molecule has 0 spiro atoms. The molecule has 0 saturated carbocycles. The molecule has 1 aromatic heterocycles. The van der Waals surface area contributed by atoms with Crippen LogP contribution in [0.5, 0.6) is 11.5 Å². The summed E-state index contributed by atoms with van der Waals surface area (Å²) >= 11 is 0. The van der Waals surface area contributed by atoms with Crippen LogP contribution in [-0.2, 0) is 16.8 Å². The van der Waals surface area contributed by atoms with Crippen LogP contribution in [0.2, 0.25) is 0 Å². The van der Waals surface area contributed by atoms with Gasteiger partial charge in [-0.25, -0.2) is 4.68 Å². The number of nitrogens with zero attached hydrogens (tertiary/aromatic N) is 3. The Kier molecular flexibility index (Phi) is 8.58. The Bertz CT molecular complexity index is 1490. The zero-order valence-electron chi connectivity index (χ0n) is 23.9. The molecule has 2 amide bonds. The van der Waals surface area contributed by atoms with Crippen LogP contribution in [0.25, 0.3) is 5.69 Å². The van der Waals surface area contributed by atoms with Crippen molar-refractivity contribution in [1.82, 2.24) is 14.7 Å². The fourth-order valence-corrected chi connectivity index (χ4v) is 4.30. The van der Waals surface area contributed by atoms with Gasteiger partial charge in [-0.15, -0.1) is 0 Å². The van der Waals surface area contributed by atoms with Crippen molar-refractivity contribution in [2.45, 2.75) is 39.7 Å². The number of ether oxygens (including phenoxy) is 2. The van der Waals surface area contributed by atoms with Crippen LogP contribution in [0.1, 0.15) is 48.0 Å². The Hall–Kier alpha value is -4.59. The van der Waals surface area contributed by atoms with E-state index in [1.54, 1.807) is 30.0 Å². The zero-order valence-corrected chi connectivity index (χ0v) is 23.9. The highest BCUT2D eigenvalue weighted by Gasteiger charge is 2.25. The number of benzene rings is 3. The number of methoxy groups -OCH3 is 2. The molecule has 0 bridgehead atoms. The van der Waals surface area contributed by atoms with E-state index in [1.807, 2.05) is 67.6 Å². The fraction of sp³-hybridized carbons (Fsp3) is 0.281. The van der Waals surface area contributed by atoms with Crippen LogP contribution >= 0.6 is 0 Å². The van der Waals surface area contributed by atoms with E-state index in [-0.39, 0.29) is 30.3 Å². The molecule has 1 N–H and O–H groups in total. The summed E-state index contributed by atoms with van der Waals surface area (Å²) in [6.45, 7) is 8.30. The van der Waals surface area contributed by atoms with Gasteiger partial charge >= 0.3 is 0 Å². The monoisotopic (exact) mass is 540 g/mol. The van der Waals surface area contributed by atoms with Gasteiger partial charge < -0.3 is 19.7 Å². The minimum absolute atomic E-state index is 0.174. The van der Waals surface area contributed by atoms with E-state index in [4.69, 9.17) is 14.6 Å². The molecule has 3 aromatic carbocycles. The summed E-state index contributed by atoms with van der Waals surface area (Å²) in [6.07, 6.45) is 0. The molecule has 8 nitrogen and oxygen atoms in total. The van der Waals surface area contributed by atoms with Crippen LogP contribution < -0.4 is 14.8 Å². The van der Waals surface area contributed by atoms with Crippen LogP contribution in [-0.4, -0.2) is 47.3 Å². The molecule has 0 aliphatic heterocycles. The first kappa shape index (κ1) is 28.4. The standard InChI is InChI=1S/C32H36N4O4/c1-22-11-10-14-24(17-22)36-29(19-28(34-36)32(2,3)4)33-30(37)21-35(20-23-12-8-7-9-13-23)31(38)26-16-15-25(39-5)18-27(26)40-6/h7-19H,20-21H2,1-6H3,(H,33,37). The minimum atomic E-state index is -0.342. The molecular formula is C32H36N4O4. The molecule has 4 rings (SSSR count). The molecule has 208 valence electrons. The normalized spacial score (nSPS) is 11.2. The summed E-state index contributed by atoms with van der Waals surface area (Å²) in [4.78, 5) is 28.8. The van der Waals surface area contributed by atoms with Crippen molar-refractivity contribution < 1.29 is 19.1 Å². The number of carbonyl (C=O) groups excluding carboxylic acids is 2. The summed E-state index contributed by atoms with van der Waals surface area (Å²) in [5.74, 6) is 0.803. The number of rotatable bonds is 9. The summed E-state index contributed by atoms with van der Waals surface area (Å²) in [5, 5.41) is 7.81. The average Bonchev–Trinajstić information content (AvgIpc) is 3.37. The molecule has 0 saturated heterocycles. The van der Waals surface area contributed by atoms with Crippen molar-refractivity contribution in [2.24, 2.45) is 0 Å². The molecule has 0 radical (unpaired) electrons. The number of anilines is 1. The lowest BCUT2D eigenvalue weighted by atomic mass is 9.92. The summed E-state index contributed by atoms with van der Waals surface area (Å²) < 4.78 is 12.5. The second-order valence-electron chi connectivity index (χ2n) is 10.7. The lowest BCUT2D eigenvalue weighted by Crippen LogP contribution is -2.38. The third-order valence-electron chi connectivity index (χ3n) is 6.47. The van der Waals surface area contributed by atoms with Crippen LogP contribution in [0.3, 0.4) is 0 Å². The Morgan fingerprint density at radius 3 is 2.33 bits per heavy atom. The number of nitrogens with one attached hydrogen (secondary N) is 1. The van der Waals surface area contributed by atoms with E-state index in [1.165, 1.54) is 12.0 Å². The van der Waals surface area contributed by atoms with Crippen LogP contribution in [0.4, 0.5) is 5.82 Å². The first-order chi connectivity index (χ1) is 19.1. The third-order valence-corrected chi connectivity index (χ3v) is 6.47. The molecule has 0 aliphatic carbocycles. The lowest BCUT2D eigenvalue weighted by molar-refractivity contribution is -0.117. The van der Waals surface area contributed by atoms with Gasteiger partial charge in [0.05, 0.1) is 31.2 Å². The Labute approximate surface area is 235 Å². The Morgan fingerprint density at radius 1 is 0.925 bits per heavy atom. The number of aryl methyl sites for hydroxylation is 1. The van der Waals surface area contributed by atoms with Crippen LogP contribution in [0, 0.1) is 6.92 Å². The van der Waals surface area contributed by atoms with E-state index < -0.39 is 0 Å². The first-order valence-electron chi connectivity index (χ1n) is 13.1. The van der Waals surface area contributed by atoms with E-state index in [2.05, 4.69) is 26.1 Å². The maximum Gasteiger partial charge on any atom is 0.258 e. The Balaban J connectivity index is 1.65. The molecule has 0 fully saturated rings. The molecule has 40 heavy (non-hydrogen) atoms. The van der Waals surface area contributed by atoms with Gasteiger partial charge in [0.1, 0.15) is 23.9 Å². The van der Waals surface area contributed by atoms with E-state index in [0.29, 0.717) is 22.9 Å². The minimum Gasteiger partial charge on any atom is -0.497 e. The largest absolute Gasteiger partial charge is 0.497 e. The predicted octanol–water partition coefficient (Wildman–Crippen LogP) is 5.78. The van der Waals surface area contributed by atoms with Crippen molar-refractivity contribution in [1.29, 1.82) is 0 Å². The van der Waals surface area contributed by atoms with Gasteiger partial charge in [-0.3, -0.25) is 9.59 Å². The number of carbonyl (C=O) groups is 2. The van der Waals surface area contributed by atoms with Gasteiger partial charge in [-0.2, -0.15) is 5.10 Å². The molecule has 8 heteroatoms. The SMILES string of the molecule is COc1ccc(C(=O)N(CC(=O)Nc2cc(C(C)(C)C)nn2-c2cccc(C)c2)Cc2ccccc2)c(OC)c1. The summed E-state index contributed by atoms with van der Waals surface area (Å²) in [6, 6.07) is 24.4. The number of amides is 2. The van der Waals surface area contributed by atoms with Crippen molar-refractivity contribution in [3.05, 3.63) is 101 Å². The highest BCUT2D eigenvalue weighted by atomic mass is 16.5. The maximum absolute atomic E-state index is 13.8. The highest BCUT2D eigenvalue weighted by molar-refractivity contribution is 6.01. The average molecular weight is 541 g/mol. The molecule has 0 unspecified atom stereocenters. The highest BCUT2D eigenvalue weighted by Crippen LogP contribution is 2.28. The first-order valence-corrected chi connectivity index (χ1v) is 13.1. The lowest BCUT2D eigenvalue weighted by Gasteiger charge is -2.23. The zero-order chi connectivity index (χ0) is 28.9. The second kappa shape index (κ2) is 12.1. The second-order valence-corrected chi connectivity index (χ2v) is 10.7. The van der Waals surface area contributed by atoms with Crippen molar-refractivity contribution in [3.8, 4) is 17.2 Å². The van der Waals surface area contributed by atoms with Crippen molar-refractivity contribution in [2.75, 3.05) is 26.1 Å². The molecular weight excluding hydrogens is 504 g/mol. The van der Waals surface area contributed by atoms with Crippen molar-refractivity contribution in [3.63, 3.8) is 0 Å². The smallest absolute Gasteiger partial charge is 0.258 e. The molecule has 4 aromatic rings. The van der Waals surface area contributed by atoms with E-state index in [0.717, 1.165) is 22.5 Å². The molecule has 0 atom stereocenters. The number of aromatic nitrogens is 2. The molecule has 1 heterocycles. The summed E-state index contributed by atoms with van der Waals surface area (Å²) in [7, 11) is 3.05. The van der Waals surface area contributed by atoms with Gasteiger partial charge in [0, 0.05) is 24.1 Å².